The maximum absolute atomic E-state index is 13.0. The number of rotatable bonds is 11. The number of nitrogens with zero attached hydrogens (tertiary/aromatic N) is 3. The van der Waals surface area contributed by atoms with E-state index in [0.717, 1.165) is 29.0 Å². The van der Waals surface area contributed by atoms with Gasteiger partial charge in [0.1, 0.15) is 18.4 Å². The number of ether oxygens (including phenoxy) is 1. The van der Waals surface area contributed by atoms with Gasteiger partial charge >= 0.3 is 0 Å². The van der Waals surface area contributed by atoms with Crippen LogP contribution in [0.3, 0.4) is 0 Å². The van der Waals surface area contributed by atoms with Crippen LogP contribution in [0.5, 0.6) is 5.75 Å². The highest BCUT2D eigenvalue weighted by atomic mass is 16.6. The molecular weight excluding hydrogens is 506 g/mol. The average Bonchev–Trinajstić information content (AvgIpc) is 2.91. The second-order valence-corrected chi connectivity index (χ2v) is 8.83. The molecule has 0 aliphatic rings. The molecule has 0 aliphatic carbocycles. The van der Waals surface area contributed by atoms with Crippen molar-refractivity contribution in [2.75, 3.05) is 6.61 Å². The Labute approximate surface area is 223 Å². The summed E-state index contributed by atoms with van der Waals surface area (Å²) < 4.78 is 5.61. The maximum Gasteiger partial charge on any atom is 0.277 e. The lowest BCUT2D eigenvalue weighted by atomic mass is 10.0. The Morgan fingerprint density at radius 1 is 1.08 bits per heavy atom. The number of carbonyl (C=O) groups excluding carboxylic acids is 2. The number of nitro benzene ring substituents is 2. The summed E-state index contributed by atoms with van der Waals surface area (Å²) in [5, 5.41) is 30.6. The highest BCUT2D eigenvalue weighted by molar-refractivity contribution is 6.03. The molecule has 0 bridgehead atoms. The summed E-state index contributed by atoms with van der Waals surface area (Å²) in [6.07, 6.45) is 6.92. The zero-order chi connectivity index (χ0) is 28.5. The van der Waals surface area contributed by atoms with Gasteiger partial charge in [0.2, 0.25) is 0 Å². The summed E-state index contributed by atoms with van der Waals surface area (Å²) in [6, 6.07) is 12.6. The monoisotopic (exact) mass is 531 g/mol. The van der Waals surface area contributed by atoms with E-state index in [1.807, 2.05) is 44.2 Å². The van der Waals surface area contributed by atoms with Gasteiger partial charge in [-0.15, -0.1) is 6.42 Å². The second kappa shape index (κ2) is 12.8. The van der Waals surface area contributed by atoms with Crippen molar-refractivity contribution in [3.05, 3.63) is 86.0 Å². The highest BCUT2D eigenvalue weighted by Crippen LogP contribution is 2.27. The Morgan fingerprint density at radius 3 is 2.36 bits per heavy atom. The SMILES string of the molecule is C#CCOc1ccc2ccccc2c1/C=N\NC(=O)[C@@H](CC(C)C)NC(=O)c1cc([N+](=O)[O-])cc([N+](=O)[O-])c1. The number of benzene rings is 3. The number of terminal acetylenes is 1. The Bertz CT molecular complexity index is 1460. The molecule has 3 rings (SSSR count). The van der Waals surface area contributed by atoms with Crippen LogP contribution >= 0.6 is 0 Å². The minimum atomic E-state index is -1.09. The number of hydrazone groups is 1. The van der Waals surface area contributed by atoms with E-state index in [-0.39, 0.29) is 24.5 Å². The summed E-state index contributed by atoms with van der Waals surface area (Å²) in [4.78, 5) is 46.5. The third kappa shape index (κ3) is 7.36. The molecule has 0 fully saturated rings. The van der Waals surface area contributed by atoms with E-state index in [0.29, 0.717) is 11.3 Å². The van der Waals surface area contributed by atoms with E-state index in [1.165, 1.54) is 6.21 Å². The fraction of sp³-hybridized carbons (Fsp3) is 0.222. The normalized spacial score (nSPS) is 11.6. The van der Waals surface area contributed by atoms with Crippen molar-refractivity contribution in [1.29, 1.82) is 0 Å². The molecule has 0 aromatic heterocycles. The molecule has 0 saturated heterocycles. The minimum absolute atomic E-state index is 0.0316. The lowest BCUT2D eigenvalue weighted by Crippen LogP contribution is -2.46. The molecule has 0 heterocycles. The fourth-order valence-corrected chi connectivity index (χ4v) is 3.77. The predicted octanol–water partition coefficient (Wildman–Crippen LogP) is 3.96. The van der Waals surface area contributed by atoms with Crippen LogP contribution in [0.2, 0.25) is 0 Å². The number of hydrogen-bond donors (Lipinski definition) is 2. The van der Waals surface area contributed by atoms with Crippen LogP contribution < -0.4 is 15.5 Å². The number of non-ortho nitro benzene ring substituents is 2. The van der Waals surface area contributed by atoms with Gasteiger partial charge in [-0.1, -0.05) is 50.1 Å². The van der Waals surface area contributed by atoms with E-state index in [9.17, 15) is 29.8 Å². The third-order valence-electron chi connectivity index (χ3n) is 5.53. The number of fused-ring (bicyclic) bond motifs is 1. The number of amides is 2. The van der Waals surface area contributed by atoms with Crippen molar-refractivity contribution in [3.63, 3.8) is 0 Å². The van der Waals surface area contributed by atoms with Gasteiger partial charge in [0, 0.05) is 17.7 Å². The summed E-state index contributed by atoms with van der Waals surface area (Å²) in [6.45, 7) is 3.70. The van der Waals surface area contributed by atoms with Crippen molar-refractivity contribution < 1.29 is 24.2 Å². The van der Waals surface area contributed by atoms with Crippen molar-refractivity contribution >= 4 is 40.2 Å². The van der Waals surface area contributed by atoms with Crippen LogP contribution in [0.25, 0.3) is 10.8 Å². The number of nitro groups is 2. The Hall–Kier alpha value is -5.31. The molecule has 1 atom stereocenters. The minimum Gasteiger partial charge on any atom is -0.480 e. The van der Waals surface area contributed by atoms with Gasteiger partial charge in [-0.2, -0.15) is 5.10 Å². The standard InChI is InChI=1S/C27H25N5O7/c1-4-11-39-25-10-9-18-7-5-6-8-22(18)23(25)16-28-30-27(34)24(12-17(2)3)29-26(33)19-13-20(31(35)36)15-21(14-19)32(37)38/h1,5-10,13-17,24H,11-12H2,2-3H3,(H,29,33)(H,30,34)/b28-16-/t24-/m1/s1. The molecule has 0 aliphatic heterocycles. The van der Waals surface area contributed by atoms with Gasteiger partial charge in [0.05, 0.1) is 27.7 Å². The van der Waals surface area contributed by atoms with Crippen molar-refractivity contribution in [2.45, 2.75) is 26.3 Å². The molecule has 2 N–H and O–H groups in total. The van der Waals surface area contributed by atoms with Crippen LogP contribution in [0.15, 0.2) is 59.7 Å². The van der Waals surface area contributed by atoms with E-state index in [1.54, 1.807) is 6.07 Å². The van der Waals surface area contributed by atoms with Gasteiger partial charge in [0.25, 0.3) is 23.2 Å². The number of hydrogen-bond acceptors (Lipinski definition) is 8. The molecule has 3 aromatic rings. The van der Waals surface area contributed by atoms with Crippen molar-refractivity contribution in [3.8, 4) is 18.1 Å². The maximum atomic E-state index is 13.0. The van der Waals surface area contributed by atoms with Gasteiger partial charge in [-0.05, 0) is 29.2 Å². The summed E-state index contributed by atoms with van der Waals surface area (Å²) in [5.74, 6) is 1.29. The third-order valence-corrected chi connectivity index (χ3v) is 5.53. The first kappa shape index (κ1) is 28.3. The van der Waals surface area contributed by atoms with E-state index in [2.05, 4.69) is 21.8 Å². The molecule has 0 saturated carbocycles. The fourth-order valence-electron chi connectivity index (χ4n) is 3.77. The smallest absolute Gasteiger partial charge is 0.277 e. The van der Waals surface area contributed by atoms with Gasteiger partial charge in [0.15, 0.2) is 0 Å². The Kier molecular flexibility index (Phi) is 9.26. The van der Waals surface area contributed by atoms with Crippen LogP contribution in [0.4, 0.5) is 11.4 Å². The van der Waals surface area contributed by atoms with E-state index >= 15 is 0 Å². The van der Waals surface area contributed by atoms with Crippen LogP contribution in [-0.4, -0.2) is 40.5 Å². The van der Waals surface area contributed by atoms with Crippen LogP contribution in [0.1, 0.15) is 36.2 Å². The van der Waals surface area contributed by atoms with Crippen molar-refractivity contribution in [1.82, 2.24) is 10.7 Å². The van der Waals surface area contributed by atoms with E-state index in [4.69, 9.17) is 11.2 Å². The molecule has 200 valence electrons. The first-order valence-electron chi connectivity index (χ1n) is 11.8. The summed E-state index contributed by atoms with van der Waals surface area (Å²) in [5.41, 5.74) is 1.41. The first-order chi connectivity index (χ1) is 18.6. The van der Waals surface area contributed by atoms with Crippen LogP contribution in [-0.2, 0) is 4.79 Å². The quantitative estimate of drug-likeness (QED) is 0.163. The Morgan fingerprint density at radius 2 is 1.74 bits per heavy atom. The summed E-state index contributed by atoms with van der Waals surface area (Å²) >= 11 is 0. The average molecular weight is 532 g/mol. The largest absolute Gasteiger partial charge is 0.480 e. The zero-order valence-corrected chi connectivity index (χ0v) is 21.1. The first-order valence-corrected chi connectivity index (χ1v) is 11.8. The molecule has 3 aromatic carbocycles. The number of carbonyl (C=O) groups is 2. The lowest BCUT2D eigenvalue weighted by molar-refractivity contribution is -0.394. The predicted molar refractivity (Wildman–Crippen MR) is 144 cm³/mol. The summed E-state index contributed by atoms with van der Waals surface area (Å²) in [7, 11) is 0. The topological polar surface area (TPSA) is 166 Å². The number of nitrogens with one attached hydrogen (secondary N) is 2. The van der Waals surface area contributed by atoms with Gasteiger partial charge < -0.3 is 10.1 Å². The molecule has 12 heteroatoms. The van der Waals surface area contributed by atoms with Gasteiger partial charge in [-0.25, -0.2) is 5.43 Å². The molecule has 12 nitrogen and oxygen atoms in total. The molecular formula is C27H25N5O7. The van der Waals surface area contributed by atoms with Crippen LogP contribution in [0, 0.1) is 38.5 Å². The second-order valence-electron chi connectivity index (χ2n) is 8.83. The molecule has 0 spiro atoms. The lowest BCUT2D eigenvalue weighted by Gasteiger charge is -2.19. The highest BCUT2D eigenvalue weighted by Gasteiger charge is 2.25. The molecule has 0 radical (unpaired) electrons. The van der Waals surface area contributed by atoms with Crippen molar-refractivity contribution in [2.24, 2.45) is 11.0 Å². The zero-order valence-electron chi connectivity index (χ0n) is 21.1. The van der Waals surface area contributed by atoms with E-state index < -0.39 is 39.1 Å². The molecule has 39 heavy (non-hydrogen) atoms. The Balaban J connectivity index is 1.84. The molecule has 2 amide bonds. The molecule has 0 unspecified atom stereocenters. The van der Waals surface area contributed by atoms with Gasteiger partial charge in [-0.3, -0.25) is 29.8 Å².